The van der Waals surface area contributed by atoms with Gasteiger partial charge in [-0.05, 0) is 35.0 Å². The molecule has 144 valence electrons. The molecule has 5 aromatic rings. The molecule has 0 aliphatic heterocycles. The van der Waals surface area contributed by atoms with Crippen molar-refractivity contribution < 1.29 is 21.6 Å². The highest BCUT2D eigenvalue weighted by atomic mass is 32.2. The predicted octanol–water partition coefficient (Wildman–Crippen LogP) is 5.80. The fourth-order valence-electron chi connectivity index (χ4n) is 3.54. The van der Waals surface area contributed by atoms with Gasteiger partial charge in [0, 0.05) is 16.3 Å². The first kappa shape index (κ1) is 17.8. The number of benzene rings is 4. The van der Waals surface area contributed by atoms with Gasteiger partial charge in [0.05, 0.1) is 4.90 Å². The Balaban J connectivity index is 1.74. The quantitative estimate of drug-likeness (QED) is 0.354. The first-order valence-electron chi connectivity index (χ1n) is 8.79. The number of fused-ring (bicyclic) bond motifs is 6. The normalized spacial score (nSPS) is 12.4. The van der Waals surface area contributed by atoms with Crippen molar-refractivity contribution in [1.29, 1.82) is 0 Å². The second-order valence-electron chi connectivity index (χ2n) is 6.62. The smallest absolute Gasteiger partial charge is 0.341 e. The number of oxazole rings is 1. The van der Waals surface area contributed by atoms with Crippen molar-refractivity contribution in [3.8, 4) is 11.5 Å². The Morgan fingerprint density at radius 3 is 1.93 bits per heavy atom. The fraction of sp³-hybridized carbons (Fsp3) is 0.0455. The average molecular weight is 409 g/mol. The van der Waals surface area contributed by atoms with Crippen LogP contribution in [-0.4, -0.2) is 19.2 Å². The van der Waals surface area contributed by atoms with E-state index in [1.807, 2.05) is 48.5 Å². The summed E-state index contributed by atoms with van der Waals surface area (Å²) in [6, 6.07) is 20.9. The maximum atomic E-state index is 12.7. The molecule has 4 nitrogen and oxygen atoms in total. The zero-order chi connectivity index (χ0) is 20.2. The lowest BCUT2D eigenvalue weighted by Gasteiger charge is -2.04. The molecule has 1 aromatic heterocycles. The summed E-state index contributed by atoms with van der Waals surface area (Å²) in [7, 11) is -4.64. The van der Waals surface area contributed by atoms with Gasteiger partial charge < -0.3 is 4.42 Å². The second kappa shape index (κ2) is 6.35. The molecule has 0 fully saturated rings. The molecule has 0 radical (unpaired) electrons. The van der Waals surface area contributed by atoms with Gasteiger partial charge in [-0.1, -0.05) is 48.5 Å². The standard InChI is InChI=1S/C22H13F2NO3S/c23-22(24)29(26,27)14-11-9-13(10-12-14)21-25-19-17-7-3-1-5-15(17)16-6-2-4-8-18(16)20(19)28-21/h1-12,22H. The summed E-state index contributed by atoms with van der Waals surface area (Å²) < 4.78 is 54.8. The molecule has 0 N–H and O–H groups in total. The van der Waals surface area contributed by atoms with Crippen molar-refractivity contribution in [3.05, 3.63) is 72.8 Å². The lowest BCUT2D eigenvalue weighted by molar-refractivity contribution is 0.234. The van der Waals surface area contributed by atoms with Crippen molar-refractivity contribution in [2.75, 3.05) is 0 Å². The van der Waals surface area contributed by atoms with E-state index in [0.717, 1.165) is 33.7 Å². The molecule has 0 saturated heterocycles. The average Bonchev–Trinajstić information content (AvgIpc) is 3.20. The van der Waals surface area contributed by atoms with Crippen LogP contribution in [0.4, 0.5) is 8.78 Å². The van der Waals surface area contributed by atoms with Gasteiger partial charge in [-0.15, -0.1) is 0 Å². The van der Waals surface area contributed by atoms with Gasteiger partial charge in [-0.2, -0.15) is 8.78 Å². The Hall–Kier alpha value is -3.32. The third kappa shape index (κ3) is 2.69. The molecule has 0 unspecified atom stereocenters. The van der Waals surface area contributed by atoms with Gasteiger partial charge in [0.1, 0.15) is 5.52 Å². The molecule has 0 aliphatic carbocycles. The minimum atomic E-state index is -4.64. The van der Waals surface area contributed by atoms with Gasteiger partial charge in [0.25, 0.3) is 0 Å². The molecule has 1 heterocycles. The number of aromatic nitrogens is 1. The Kier molecular flexibility index (Phi) is 3.89. The fourth-order valence-corrected chi connectivity index (χ4v) is 4.26. The van der Waals surface area contributed by atoms with E-state index >= 15 is 0 Å². The Morgan fingerprint density at radius 1 is 0.759 bits per heavy atom. The summed E-state index contributed by atoms with van der Waals surface area (Å²) in [6.07, 6.45) is 0. The molecule has 29 heavy (non-hydrogen) atoms. The van der Waals surface area contributed by atoms with Gasteiger partial charge >= 0.3 is 5.76 Å². The molecule has 0 atom stereocenters. The van der Waals surface area contributed by atoms with Crippen LogP contribution in [0.2, 0.25) is 0 Å². The van der Waals surface area contributed by atoms with E-state index in [2.05, 4.69) is 4.98 Å². The summed E-state index contributed by atoms with van der Waals surface area (Å²) in [5, 5.41) is 3.94. The predicted molar refractivity (Wildman–Crippen MR) is 108 cm³/mol. The molecule has 0 bridgehead atoms. The van der Waals surface area contributed by atoms with Crippen LogP contribution in [0.5, 0.6) is 0 Å². The third-order valence-electron chi connectivity index (χ3n) is 4.94. The molecule has 0 spiro atoms. The molecule has 4 aromatic carbocycles. The second-order valence-corrected chi connectivity index (χ2v) is 8.54. The van der Waals surface area contributed by atoms with Crippen molar-refractivity contribution in [1.82, 2.24) is 4.98 Å². The first-order valence-corrected chi connectivity index (χ1v) is 10.3. The largest absolute Gasteiger partial charge is 0.435 e. The number of halogens is 2. The van der Waals surface area contributed by atoms with E-state index < -0.39 is 20.5 Å². The lowest BCUT2D eigenvalue weighted by Crippen LogP contribution is -2.11. The summed E-state index contributed by atoms with van der Waals surface area (Å²) in [5.74, 6) is -3.17. The van der Waals surface area contributed by atoms with Crippen LogP contribution < -0.4 is 0 Å². The van der Waals surface area contributed by atoms with Gasteiger partial charge in [0.15, 0.2) is 5.58 Å². The number of nitrogens with zero attached hydrogens (tertiary/aromatic N) is 1. The minimum absolute atomic E-state index is 0.294. The van der Waals surface area contributed by atoms with E-state index in [4.69, 9.17) is 4.42 Å². The molecule has 0 aliphatic rings. The van der Waals surface area contributed by atoms with Crippen molar-refractivity contribution in [2.24, 2.45) is 0 Å². The minimum Gasteiger partial charge on any atom is -0.435 e. The summed E-state index contributed by atoms with van der Waals surface area (Å²) >= 11 is 0. The topological polar surface area (TPSA) is 60.2 Å². The van der Waals surface area contributed by atoms with Crippen molar-refractivity contribution in [2.45, 2.75) is 10.7 Å². The Labute approximate surface area is 164 Å². The maximum Gasteiger partial charge on any atom is 0.341 e. The first-order chi connectivity index (χ1) is 14.0. The molecular formula is C22H13F2NO3S. The Bertz CT molecular complexity index is 1420. The van der Waals surface area contributed by atoms with Crippen LogP contribution in [0.3, 0.4) is 0 Å². The van der Waals surface area contributed by atoms with Gasteiger partial charge in [-0.3, -0.25) is 0 Å². The SMILES string of the molecule is O=S(=O)(c1ccc(-c2nc3c4ccccc4c4ccccc4c3o2)cc1)C(F)F. The maximum absolute atomic E-state index is 12.7. The summed E-state index contributed by atoms with van der Waals surface area (Å²) in [6.45, 7) is 0. The summed E-state index contributed by atoms with van der Waals surface area (Å²) in [4.78, 5) is 4.18. The zero-order valence-electron chi connectivity index (χ0n) is 14.8. The van der Waals surface area contributed by atoms with Gasteiger partial charge in [-0.25, -0.2) is 13.4 Å². The highest BCUT2D eigenvalue weighted by Crippen LogP contribution is 2.37. The van der Waals surface area contributed by atoms with Gasteiger partial charge in [0.2, 0.25) is 15.7 Å². The van der Waals surface area contributed by atoms with E-state index in [1.54, 1.807) is 0 Å². The molecular weight excluding hydrogens is 396 g/mol. The van der Waals surface area contributed by atoms with E-state index in [0.29, 0.717) is 22.6 Å². The zero-order valence-corrected chi connectivity index (χ0v) is 15.7. The number of rotatable bonds is 3. The number of hydrogen-bond donors (Lipinski definition) is 0. The number of alkyl halides is 2. The van der Waals surface area contributed by atoms with Crippen molar-refractivity contribution in [3.63, 3.8) is 0 Å². The van der Waals surface area contributed by atoms with Crippen LogP contribution in [-0.2, 0) is 9.84 Å². The lowest BCUT2D eigenvalue weighted by atomic mass is 10.0. The highest BCUT2D eigenvalue weighted by molar-refractivity contribution is 7.91. The molecule has 0 saturated carbocycles. The van der Waals surface area contributed by atoms with Crippen LogP contribution in [0.15, 0.2) is 82.1 Å². The summed E-state index contributed by atoms with van der Waals surface area (Å²) in [5.41, 5.74) is 1.82. The highest BCUT2D eigenvalue weighted by Gasteiger charge is 2.26. The monoisotopic (exact) mass is 409 g/mol. The van der Waals surface area contributed by atoms with Crippen LogP contribution in [0.25, 0.3) is 44.1 Å². The van der Waals surface area contributed by atoms with Crippen LogP contribution in [0.1, 0.15) is 0 Å². The van der Waals surface area contributed by atoms with Crippen LogP contribution in [0, 0.1) is 0 Å². The van der Waals surface area contributed by atoms with E-state index in [-0.39, 0.29) is 0 Å². The van der Waals surface area contributed by atoms with E-state index in [9.17, 15) is 17.2 Å². The van der Waals surface area contributed by atoms with E-state index in [1.165, 1.54) is 12.1 Å². The molecule has 7 heteroatoms. The Morgan fingerprint density at radius 2 is 1.31 bits per heavy atom. The van der Waals surface area contributed by atoms with Crippen LogP contribution >= 0.6 is 0 Å². The number of hydrogen-bond acceptors (Lipinski definition) is 4. The van der Waals surface area contributed by atoms with Crippen molar-refractivity contribution >= 4 is 42.5 Å². The molecule has 5 rings (SSSR count). The third-order valence-corrected chi connectivity index (χ3v) is 6.33. The molecule has 0 amide bonds. The number of sulfone groups is 1.